The molecule has 0 atom stereocenters. The van der Waals surface area contributed by atoms with Crippen LogP contribution in [0.25, 0.3) is 32.9 Å². The number of hydrogen-bond acceptors (Lipinski definition) is 2. The summed E-state index contributed by atoms with van der Waals surface area (Å²) in [5.41, 5.74) is 2.31. The van der Waals surface area contributed by atoms with Gasteiger partial charge >= 0.3 is 0 Å². The lowest BCUT2D eigenvalue weighted by Crippen LogP contribution is -2.00. The molecule has 0 saturated carbocycles. The maximum atomic E-state index is 4.23. The van der Waals surface area contributed by atoms with Gasteiger partial charge in [-0.05, 0) is 0 Å². The predicted molar refractivity (Wildman–Crippen MR) is 95.7 cm³/mol. The topological polar surface area (TPSA) is 35.6 Å². The van der Waals surface area contributed by atoms with Crippen LogP contribution in [0.3, 0.4) is 0 Å². The van der Waals surface area contributed by atoms with Crippen molar-refractivity contribution in [2.24, 2.45) is 0 Å². The number of aromatic nitrogens is 4. The Hall–Kier alpha value is -3.40. The van der Waals surface area contributed by atoms with Crippen molar-refractivity contribution in [3.05, 3.63) is 86.0 Å². The normalized spacial score (nSPS) is 11.3. The summed E-state index contributed by atoms with van der Waals surface area (Å²) < 4.78 is 4.17. The van der Waals surface area contributed by atoms with Crippen molar-refractivity contribution in [1.29, 1.82) is 0 Å². The van der Waals surface area contributed by atoms with Gasteiger partial charge < -0.3 is 9.13 Å². The fourth-order valence-corrected chi connectivity index (χ4v) is 3.42. The standard InChI is InChI=1S/C20H14N4/c1-2-6-16-15(5-1)19(23-11-9-21-13-23)17-7-3-4-8-18(17)20(16)24-12-10-22-14-24/h1-14H. The first-order valence-corrected chi connectivity index (χ1v) is 7.83. The molecular formula is C20H14N4. The van der Waals surface area contributed by atoms with E-state index in [1.165, 1.54) is 21.5 Å². The number of hydrogen-bond donors (Lipinski definition) is 0. The van der Waals surface area contributed by atoms with Crippen molar-refractivity contribution in [2.75, 3.05) is 0 Å². The van der Waals surface area contributed by atoms with Gasteiger partial charge in [0.05, 0.1) is 24.0 Å². The van der Waals surface area contributed by atoms with Crippen molar-refractivity contribution in [3.8, 4) is 11.4 Å². The predicted octanol–water partition coefficient (Wildman–Crippen LogP) is 4.36. The van der Waals surface area contributed by atoms with Gasteiger partial charge in [0.2, 0.25) is 0 Å². The van der Waals surface area contributed by atoms with Crippen LogP contribution in [0.4, 0.5) is 0 Å². The second-order valence-corrected chi connectivity index (χ2v) is 5.73. The van der Waals surface area contributed by atoms with E-state index in [0.717, 1.165) is 11.4 Å². The molecule has 24 heavy (non-hydrogen) atoms. The highest BCUT2D eigenvalue weighted by molar-refractivity contribution is 6.14. The molecule has 0 aliphatic carbocycles. The summed E-state index contributed by atoms with van der Waals surface area (Å²) in [5.74, 6) is 0. The number of benzene rings is 3. The van der Waals surface area contributed by atoms with Crippen LogP contribution in [0.2, 0.25) is 0 Å². The molecule has 0 spiro atoms. The van der Waals surface area contributed by atoms with Gasteiger partial charge in [-0.2, -0.15) is 0 Å². The minimum Gasteiger partial charge on any atom is -0.305 e. The summed E-state index contributed by atoms with van der Waals surface area (Å²) in [7, 11) is 0. The zero-order valence-corrected chi connectivity index (χ0v) is 12.9. The number of imidazole rings is 2. The Bertz CT molecular complexity index is 990. The van der Waals surface area contributed by atoms with Crippen LogP contribution in [0.15, 0.2) is 86.0 Å². The number of rotatable bonds is 2. The number of fused-ring (bicyclic) bond motifs is 2. The van der Waals surface area contributed by atoms with E-state index in [-0.39, 0.29) is 0 Å². The van der Waals surface area contributed by atoms with E-state index in [4.69, 9.17) is 0 Å². The molecular weight excluding hydrogens is 296 g/mol. The van der Waals surface area contributed by atoms with Gasteiger partial charge in [-0.3, -0.25) is 0 Å². The van der Waals surface area contributed by atoms with Crippen molar-refractivity contribution in [2.45, 2.75) is 0 Å². The summed E-state index contributed by atoms with van der Waals surface area (Å²) in [6.45, 7) is 0. The molecule has 3 aromatic carbocycles. The first-order chi connectivity index (χ1) is 11.9. The van der Waals surface area contributed by atoms with E-state index in [1.54, 1.807) is 0 Å². The molecule has 4 heteroatoms. The molecule has 0 aliphatic heterocycles. The maximum absolute atomic E-state index is 4.23. The quantitative estimate of drug-likeness (QED) is 0.454. The van der Waals surface area contributed by atoms with Crippen LogP contribution in [0.5, 0.6) is 0 Å². The molecule has 5 rings (SSSR count). The lowest BCUT2D eigenvalue weighted by atomic mass is 9.98. The Kier molecular flexibility index (Phi) is 2.76. The van der Waals surface area contributed by atoms with Gasteiger partial charge in [-0.15, -0.1) is 0 Å². The maximum Gasteiger partial charge on any atom is 0.0992 e. The molecule has 0 amide bonds. The average molecular weight is 310 g/mol. The molecule has 114 valence electrons. The Morgan fingerprint density at radius 3 is 1.21 bits per heavy atom. The van der Waals surface area contributed by atoms with Crippen molar-refractivity contribution < 1.29 is 0 Å². The lowest BCUT2D eigenvalue weighted by Gasteiger charge is -2.17. The van der Waals surface area contributed by atoms with Crippen LogP contribution in [-0.4, -0.2) is 19.1 Å². The van der Waals surface area contributed by atoms with Gasteiger partial charge in [-0.1, -0.05) is 48.5 Å². The smallest absolute Gasteiger partial charge is 0.0992 e. The molecule has 5 aromatic rings. The first kappa shape index (κ1) is 13.1. The third-order valence-electron chi connectivity index (χ3n) is 4.40. The Morgan fingerprint density at radius 1 is 0.542 bits per heavy atom. The molecule has 2 heterocycles. The lowest BCUT2D eigenvalue weighted by molar-refractivity contribution is 1.07. The second-order valence-electron chi connectivity index (χ2n) is 5.73. The van der Waals surface area contributed by atoms with E-state index in [9.17, 15) is 0 Å². The zero-order valence-electron chi connectivity index (χ0n) is 12.9. The Labute approximate surface area is 138 Å². The molecule has 0 fully saturated rings. The second kappa shape index (κ2) is 5.06. The minimum absolute atomic E-state index is 1.16. The largest absolute Gasteiger partial charge is 0.305 e. The van der Waals surface area contributed by atoms with E-state index in [0.29, 0.717) is 0 Å². The summed E-state index contributed by atoms with van der Waals surface area (Å²) in [6.07, 6.45) is 11.3. The summed E-state index contributed by atoms with van der Waals surface area (Å²) in [6, 6.07) is 17.0. The van der Waals surface area contributed by atoms with Crippen LogP contribution >= 0.6 is 0 Å². The van der Waals surface area contributed by atoms with E-state index < -0.39 is 0 Å². The number of nitrogens with zero attached hydrogens (tertiary/aromatic N) is 4. The van der Waals surface area contributed by atoms with E-state index >= 15 is 0 Å². The molecule has 0 saturated heterocycles. The van der Waals surface area contributed by atoms with Gasteiger partial charge in [-0.25, -0.2) is 9.97 Å². The average Bonchev–Trinajstić information content (AvgIpc) is 3.33. The fourth-order valence-electron chi connectivity index (χ4n) is 3.42. The molecule has 0 aliphatic rings. The van der Waals surface area contributed by atoms with Crippen LogP contribution in [0, 0.1) is 0 Å². The molecule has 2 aromatic heterocycles. The third-order valence-corrected chi connectivity index (χ3v) is 4.40. The molecule has 0 N–H and O–H groups in total. The summed E-state index contributed by atoms with van der Waals surface area (Å²) in [5, 5.41) is 4.77. The molecule has 0 unspecified atom stereocenters. The molecule has 0 bridgehead atoms. The Balaban J connectivity index is 2.06. The SMILES string of the molecule is c1ccc2c(-n3ccnc3)c3ccccc3c(-n3ccnc3)c2c1. The van der Waals surface area contributed by atoms with Crippen molar-refractivity contribution >= 4 is 21.5 Å². The molecule has 0 radical (unpaired) electrons. The highest BCUT2D eigenvalue weighted by Gasteiger charge is 2.15. The van der Waals surface area contributed by atoms with Gasteiger partial charge in [0.15, 0.2) is 0 Å². The van der Waals surface area contributed by atoms with Gasteiger partial charge in [0.25, 0.3) is 0 Å². The first-order valence-electron chi connectivity index (χ1n) is 7.83. The highest BCUT2D eigenvalue weighted by atomic mass is 15.0. The van der Waals surface area contributed by atoms with Gasteiger partial charge in [0.1, 0.15) is 0 Å². The summed E-state index contributed by atoms with van der Waals surface area (Å²) >= 11 is 0. The van der Waals surface area contributed by atoms with Crippen LogP contribution < -0.4 is 0 Å². The minimum atomic E-state index is 1.16. The van der Waals surface area contributed by atoms with Gasteiger partial charge in [0, 0.05) is 46.3 Å². The fraction of sp³-hybridized carbons (Fsp3) is 0. The van der Waals surface area contributed by atoms with Crippen LogP contribution in [0.1, 0.15) is 0 Å². The summed E-state index contributed by atoms with van der Waals surface area (Å²) in [4.78, 5) is 8.46. The van der Waals surface area contributed by atoms with Crippen LogP contribution in [-0.2, 0) is 0 Å². The van der Waals surface area contributed by atoms with Crippen molar-refractivity contribution in [1.82, 2.24) is 19.1 Å². The van der Waals surface area contributed by atoms with E-state index in [1.807, 2.05) is 37.4 Å². The highest BCUT2D eigenvalue weighted by Crippen LogP contribution is 2.37. The monoisotopic (exact) mass is 310 g/mol. The Morgan fingerprint density at radius 2 is 0.917 bits per heavy atom. The molecule has 4 nitrogen and oxygen atoms in total. The zero-order chi connectivity index (χ0) is 15.9. The third kappa shape index (κ3) is 1.80. The van der Waals surface area contributed by atoms with E-state index in [2.05, 4.69) is 67.6 Å². The van der Waals surface area contributed by atoms with Crippen molar-refractivity contribution in [3.63, 3.8) is 0 Å².